The van der Waals surface area contributed by atoms with E-state index in [1.165, 1.54) is 12.1 Å². The number of aromatic hydroxyl groups is 1. The first-order chi connectivity index (χ1) is 24.2. The van der Waals surface area contributed by atoms with Gasteiger partial charge < -0.3 is 29.7 Å². The van der Waals surface area contributed by atoms with Gasteiger partial charge in [0.2, 0.25) is 5.88 Å². The zero-order valence-electron chi connectivity index (χ0n) is 28.3. The molecule has 5 aliphatic rings. The molecule has 262 valence electrons. The second kappa shape index (κ2) is 12.0. The lowest BCUT2D eigenvalue weighted by Gasteiger charge is -2.42. The van der Waals surface area contributed by atoms with E-state index in [4.69, 9.17) is 24.4 Å². The van der Waals surface area contributed by atoms with E-state index in [0.717, 1.165) is 70.1 Å². The van der Waals surface area contributed by atoms with Gasteiger partial charge in [0.15, 0.2) is 5.82 Å². The van der Waals surface area contributed by atoms with Crippen molar-refractivity contribution >= 4 is 27.5 Å². The van der Waals surface area contributed by atoms with Gasteiger partial charge in [0.05, 0.1) is 19.0 Å². The van der Waals surface area contributed by atoms with Gasteiger partial charge in [-0.2, -0.15) is 9.97 Å². The van der Waals surface area contributed by atoms with Crippen molar-refractivity contribution in [1.82, 2.24) is 25.2 Å². The number of nitrogens with one attached hydrogen (secondary N) is 1. The van der Waals surface area contributed by atoms with Crippen LogP contribution in [0.1, 0.15) is 57.9 Å². The quantitative estimate of drug-likeness (QED) is 0.223. The van der Waals surface area contributed by atoms with Crippen LogP contribution >= 0.6 is 0 Å². The molecule has 4 aliphatic heterocycles. The van der Waals surface area contributed by atoms with Gasteiger partial charge in [0.25, 0.3) is 0 Å². The van der Waals surface area contributed by atoms with Gasteiger partial charge in [-0.1, -0.05) is 13.0 Å². The van der Waals surface area contributed by atoms with E-state index in [9.17, 15) is 9.50 Å². The van der Waals surface area contributed by atoms with Crippen LogP contribution in [0.5, 0.6) is 17.6 Å². The summed E-state index contributed by atoms with van der Waals surface area (Å²) in [6, 6.07) is 6.36. The highest BCUT2D eigenvalue weighted by atomic mass is 19.1. The number of fused-ring (bicyclic) bond motifs is 6. The van der Waals surface area contributed by atoms with Crippen molar-refractivity contribution in [3.8, 4) is 28.9 Å². The average molecular weight is 687 g/mol. The smallest absolute Gasteiger partial charge is 0.319 e. The van der Waals surface area contributed by atoms with E-state index in [1.54, 1.807) is 12.1 Å². The summed E-state index contributed by atoms with van der Waals surface area (Å²) >= 11 is 0. The van der Waals surface area contributed by atoms with E-state index in [1.807, 2.05) is 13.8 Å². The van der Waals surface area contributed by atoms with E-state index >= 15 is 8.78 Å². The summed E-state index contributed by atoms with van der Waals surface area (Å²) < 4.78 is 58.5. The number of piperazine rings is 1. The number of anilines is 1. The number of benzene rings is 2. The van der Waals surface area contributed by atoms with Gasteiger partial charge in [-0.15, -0.1) is 0 Å². The number of rotatable bonds is 7. The van der Waals surface area contributed by atoms with Crippen LogP contribution in [0, 0.1) is 17.0 Å². The lowest BCUT2D eigenvalue weighted by atomic mass is 9.94. The number of hydrogen-bond donors (Lipinski definition) is 2. The molecule has 50 heavy (non-hydrogen) atoms. The van der Waals surface area contributed by atoms with Crippen molar-refractivity contribution in [2.45, 2.75) is 83.0 Å². The molecule has 2 N–H and O–H groups in total. The van der Waals surface area contributed by atoms with Crippen molar-refractivity contribution < 1.29 is 27.8 Å². The zero-order chi connectivity index (χ0) is 34.3. The number of nitrogens with zero attached hydrogens (tertiary/aromatic N) is 5. The molecule has 2 bridgehead atoms. The predicted octanol–water partition coefficient (Wildman–Crippen LogP) is 6.59. The third kappa shape index (κ3) is 5.25. The Balaban J connectivity index is 1.17. The van der Waals surface area contributed by atoms with Crippen LogP contribution in [-0.2, 0) is 6.42 Å². The fraction of sp³-hybridized carbons (Fsp3) is 0.500. The molecule has 9 nitrogen and oxygen atoms in total. The number of pyridine rings is 1. The maximum atomic E-state index is 17.2. The second-order valence-electron chi connectivity index (χ2n) is 14.9. The lowest BCUT2D eigenvalue weighted by Crippen LogP contribution is -2.62. The number of phenols is 1. The van der Waals surface area contributed by atoms with Crippen LogP contribution in [0.25, 0.3) is 32.9 Å². The van der Waals surface area contributed by atoms with E-state index in [-0.39, 0.29) is 64.1 Å². The van der Waals surface area contributed by atoms with Crippen LogP contribution in [0.15, 0.2) is 36.2 Å². The number of piperidine rings is 1. The summed E-state index contributed by atoms with van der Waals surface area (Å²) in [5.74, 6) is -0.469. The van der Waals surface area contributed by atoms with E-state index in [0.29, 0.717) is 47.1 Å². The monoisotopic (exact) mass is 686 g/mol. The van der Waals surface area contributed by atoms with Gasteiger partial charge in [-0.05, 0) is 92.0 Å². The maximum absolute atomic E-state index is 17.2. The molecule has 6 heterocycles. The topological polar surface area (TPSA) is 95.9 Å². The van der Waals surface area contributed by atoms with E-state index in [2.05, 4.69) is 15.1 Å². The third-order valence-electron chi connectivity index (χ3n) is 11.7. The first-order valence-electron chi connectivity index (χ1n) is 17.9. The van der Waals surface area contributed by atoms with Crippen LogP contribution < -0.4 is 19.7 Å². The molecule has 4 aromatic rings. The first-order valence-corrected chi connectivity index (χ1v) is 17.9. The Morgan fingerprint density at radius 2 is 1.92 bits per heavy atom. The molecule has 0 radical (unpaired) electrons. The van der Waals surface area contributed by atoms with Gasteiger partial charge in [-0.3, -0.25) is 0 Å². The fourth-order valence-corrected chi connectivity index (χ4v) is 8.89. The largest absolute Gasteiger partial charge is 0.508 e. The molecule has 2 aromatic carbocycles. The van der Waals surface area contributed by atoms with Crippen molar-refractivity contribution in [3.05, 3.63) is 53.4 Å². The van der Waals surface area contributed by atoms with Crippen molar-refractivity contribution in [2.24, 2.45) is 5.41 Å². The molecule has 3 saturated heterocycles. The zero-order valence-corrected chi connectivity index (χ0v) is 28.3. The Hall–Kier alpha value is -4.16. The lowest BCUT2D eigenvalue weighted by molar-refractivity contribution is 0.147. The van der Waals surface area contributed by atoms with Crippen molar-refractivity contribution in [3.63, 3.8) is 0 Å². The van der Waals surface area contributed by atoms with Gasteiger partial charge >= 0.3 is 6.01 Å². The number of aromatic nitrogens is 3. The Morgan fingerprint density at radius 1 is 1.10 bits per heavy atom. The van der Waals surface area contributed by atoms with Crippen LogP contribution in [0.2, 0.25) is 0 Å². The van der Waals surface area contributed by atoms with Crippen LogP contribution in [0.3, 0.4) is 0 Å². The summed E-state index contributed by atoms with van der Waals surface area (Å²) in [5, 5.41) is 15.9. The third-order valence-corrected chi connectivity index (χ3v) is 11.7. The minimum atomic E-state index is -0.713. The summed E-state index contributed by atoms with van der Waals surface area (Å²) in [6.45, 7) is 7.37. The molecule has 9 rings (SSSR count). The normalized spacial score (nSPS) is 25.4. The summed E-state index contributed by atoms with van der Waals surface area (Å²) in [4.78, 5) is 19.1. The summed E-state index contributed by atoms with van der Waals surface area (Å²) in [6.07, 6.45) is 6.27. The molecule has 0 spiro atoms. The van der Waals surface area contributed by atoms with Crippen molar-refractivity contribution in [2.75, 3.05) is 37.7 Å². The number of ether oxygens (including phenoxy) is 2. The average Bonchev–Trinajstić information content (AvgIpc) is 3.81. The first kappa shape index (κ1) is 31.8. The minimum absolute atomic E-state index is 0.0149. The number of phenolic OH excluding ortho intramolecular Hbond substituents is 1. The standard InChI is InChI=1S/C38H41F3N6O3/c1-3-25-27(40)6-4-22-14-24(48)15-26(29(22)25)32-31(41)33-30-35(47-17-23-5-7-28(42-23)34(47)20(2)50-36(30)43-32)45-37(44-33)49-19-38(10-11-38)18-46-12-8-21(16-39)9-13-46/h4,6,14-16,20,23,28,34,42,48H,3,5,7-13,17-19H2,1-2H3/t20-,23+,28-,34+/m0/s1. The SMILES string of the molecule is CCc1c(F)ccc2cc(O)cc(-c3nc4c5c(nc(OCC6(CN7CCC(=CF)CC7)CC6)nc5c3F)N3C[C@H]5CC[C@H](N5)[C@H]3[C@H](C)O4)c12. The maximum Gasteiger partial charge on any atom is 0.319 e. The summed E-state index contributed by atoms with van der Waals surface area (Å²) in [5.41, 5.74) is 1.40. The predicted molar refractivity (Wildman–Crippen MR) is 184 cm³/mol. The Labute approximate surface area is 288 Å². The molecule has 4 atom stereocenters. The van der Waals surface area contributed by atoms with Crippen molar-refractivity contribution in [1.29, 1.82) is 0 Å². The molecule has 4 fully saturated rings. The fourth-order valence-electron chi connectivity index (χ4n) is 8.89. The Morgan fingerprint density at radius 3 is 2.68 bits per heavy atom. The van der Waals surface area contributed by atoms with E-state index < -0.39 is 11.6 Å². The minimum Gasteiger partial charge on any atom is -0.508 e. The highest BCUT2D eigenvalue weighted by Gasteiger charge is 2.48. The number of hydrogen-bond acceptors (Lipinski definition) is 9. The number of halogens is 3. The molecule has 2 aromatic heterocycles. The van der Waals surface area contributed by atoms with Gasteiger partial charge in [0.1, 0.15) is 40.1 Å². The Bertz CT molecular complexity index is 2040. The molecule has 12 heteroatoms. The molecular weight excluding hydrogens is 645 g/mol. The summed E-state index contributed by atoms with van der Waals surface area (Å²) in [7, 11) is 0. The van der Waals surface area contributed by atoms with Crippen LogP contribution in [0.4, 0.5) is 19.0 Å². The molecule has 1 aliphatic carbocycles. The highest BCUT2D eigenvalue weighted by molar-refractivity contribution is 6.03. The highest BCUT2D eigenvalue weighted by Crippen LogP contribution is 2.48. The number of aryl methyl sites for hydroxylation is 1. The number of likely N-dealkylation sites (tertiary alicyclic amines) is 1. The molecule has 0 amide bonds. The molecule has 0 unspecified atom stereocenters. The Kier molecular flexibility index (Phi) is 7.61. The van der Waals surface area contributed by atoms with Gasteiger partial charge in [-0.25, -0.2) is 18.2 Å². The second-order valence-corrected chi connectivity index (χ2v) is 14.9. The van der Waals surface area contributed by atoms with Gasteiger partial charge in [0, 0.05) is 49.2 Å². The van der Waals surface area contributed by atoms with Crippen LogP contribution in [-0.4, -0.2) is 82.0 Å². The molecule has 1 saturated carbocycles. The molecular formula is C38H41F3N6O3.